The van der Waals surface area contributed by atoms with Crippen LogP contribution in [0.3, 0.4) is 0 Å². The first-order chi connectivity index (χ1) is 9.71. The predicted molar refractivity (Wildman–Crippen MR) is 59.7 cm³/mol. The lowest BCUT2D eigenvalue weighted by Crippen LogP contribution is -2.22. The molecule has 0 radical (unpaired) electrons. The van der Waals surface area contributed by atoms with Crippen molar-refractivity contribution in [2.75, 3.05) is 6.61 Å². The summed E-state index contributed by atoms with van der Waals surface area (Å²) in [5, 5.41) is 0. The second-order valence-electron chi connectivity index (χ2n) is 3.63. The van der Waals surface area contributed by atoms with Crippen LogP contribution in [0.5, 0.6) is 5.75 Å². The smallest absolute Gasteiger partial charge is 0.462 e. The van der Waals surface area contributed by atoms with E-state index in [1.165, 1.54) is 6.92 Å². The van der Waals surface area contributed by atoms with E-state index in [2.05, 4.69) is 14.5 Å². The molecule has 0 fully saturated rings. The molecule has 0 amide bonds. The van der Waals surface area contributed by atoms with Crippen LogP contribution in [0.2, 0.25) is 0 Å². The monoisotopic (exact) mass is 314 g/mol. The Labute approximate surface area is 115 Å². The Balaban J connectivity index is 3.48. The zero-order valence-electron chi connectivity index (χ0n) is 10.7. The standard InChI is InChI=1S/C11H11F5N2O3/c1-2-20-10(19)5-4-18-6(3-17)8(7(5)9(12)13)21-11(14,15)16/h4,9H,2-3,17H2,1H3. The lowest BCUT2D eigenvalue weighted by atomic mass is 10.1. The summed E-state index contributed by atoms with van der Waals surface area (Å²) >= 11 is 0. The third-order valence-corrected chi connectivity index (χ3v) is 2.27. The highest BCUT2D eigenvalue weighted by Gasteiger charge is 2.37. The second-order valence-corrected chi connectivity index (χ2v) is 3.63. The van der Waals surface area contributed by atoms with Crippen LogP contribution in [-0.4, -0.2) is 23.9 Å². The first kappa shape index (κ1) is 17.1. The number of ether oxygens (including phenoxy) is 2. The Morgan fingerprint density at radius 1 is 1.43 bits per heavy atom. The van der Waals surface area contributed by atoms with E-state index < -0.39 is 47.9 Å². The van der Waals surface area contributed by atoms with Crippen molar-refractivity contribution < 1.29 is 36.2 Å². The SMILES string of the molecule is CCOC(=O)c1cnc(CN)c(OC(F)(F)F)c1C(F)F. The summed E-state index contributed by atoms with van der Waals surface area (Å²) in [6.45, 7) is 0.693. The Kier molecular flexibility index (Phi) is 5.41. The largest absolute Gasteiger partial charge is 0.573 e. The van der Waals surface area contributed by atoms with E-state index >= 15 is 0 Å². The Morgan fingerprint density at radius 3 is 2.48 bits per heavy atom. The number of carbonyl (C=O) groups is 1. The van der Waals surface area contributed by atoms with Gasteiger partial charge in [0.05, 0.1) is 23.4 Å². The minimum atomic E-state index is -5.23. The Hall–Kier alpha value is -1.97. The number of nitrogens with two attached hydrogens (primary N) is 1. The van der Waals surface area contributed by atoms with Crippen molar-refractivity contribution >= 4 is 5.97 Å². The topological polar surface area (TPSA) is 74.4 Å². The van der Waals surface area contributed by atoms with Gasteiger partial charge in [-0.3, -0.25) is 4.98 Å². The van der Waals surface area contributed by atoms with Gasteiger partial charge in [0.2, 0.25) is 0 Å². The Morgan fingerprint density at radius 2 is 2.05 bits per heavy atom. The third kappa shape index (κ3) is 4.25. The summed E-state index contributed by atoms with van der Waals surface area (Å²) in [6.07, 6.45) is -7.96. The number of rotatable bonds is 5. The summed E-state index contributed by atoms with van der Waals surface area (Å²) in [5.74, 6) is -2.50. The summed E-state index contributed by atoms with van der Waals surface area (Å²) in [4.78, 5) is 15.0. The number of hydrogen-bond acceptors (Lipinski definition) is 5. The van der Waals surface area contributed by atoms with Crippen LogP contribution in [0.4, 0.5) is 22.0 Å². The number of aromatic nitrogens is 1. The molecular formula is C11H11F5N2O3. The summed E-state index contributed by atoms with van der Waals surface area (Å²) < 4.78 is 71.2. The molecule has 0 saturated heterocycles. The molecule has 5 nitrogen and oxygen atoms in total. The highest BCUT2D eigenvalue weighted by Crippen LogP contribution is 2.37. The first-order valence-corrected chi connectivity index (χ1v) is 5.64. The molecule has 1 aromatic rings. The fraction of sp³-hybridized carbons (Fsp3) is 0.455. The van der Waals surface area contributed by atoms with Crippen molar-refractivity contribution in [2.24, 2.45) is 5.73 Å². The number of carbonyl (C=O) groups excluding carboxylic acids is 1. The molecule has 0 aliphatic heterocycles. The molecule has 0 aliphatic rings. The van der Waals surface area contributed by atoms with Crippen LogP contribution in [0.15, 0.2) is 6.20 Å². The molecule has 0 unspecified atom stereocenters. The minimum Gasteiger partial charge on any atom is -0.462 e. The molecule has 118 valence electrons. The highest BCUT2D eigenvalue weighted by atomic mass is 19.4. The molecule has 2 N–H and O–H groups in total. The van der Waals surface area contributed by atoms with Crippen molar-refractivity contribution in [1.82, 2.24) is 4.98 Å². The minimum absolute atomic E-state index is 0.143. The molecule has 10 heteroatoms. The first-order valence-electron chi connectivity index (χ1n) is 5.64. The van der Waals surface area contributed by atoms with E-state index in [-0.39, 0.29) is 6.61 Å². The van der Waals surface area contributed by atoms with E-state index in [9.17, 15) is 26.7 Å². The molecule has 0 bridgehead atoms. The Bertz CT molecular complexity index is 519. The fourth-order valence-corrected chi connectivity index (χ4v) is 1.51. The molecule has 21 heavy (non-hydrogen) atoms. The van der Waals surface area contributed by atoms with E-state index in [0.717, 1.165) is 0 Å². The number of alkyl halides is 5. The molecule has 0 spiro atoms. The summed E-state index contributed by atoms with van der Waals surface area (Å²) in [5.41, 5.74) is 2.56. The second kappa shape index (κ2) is 6.66. The van der Waals surface area contributed by atoms with Gasteiger partial charge in [-0.2, -0.15) is 0 Å². The maximum atomic E-state index is 13.1. The average Bonchev–Trinajstić information content (AvgIpc) is 2.36. The lowest BCUT2D eigenvalue weighted by molar-refractivity contribution is -0.275. The fourth-order valence-electron chi connectivity index (χ4n) is 1.51. The van der Waals surface area contributed by atoms with Gasteiger partial charge < -0.3 is 15.2 Å². The summed E-state index contributed by atoms with van der Waals surface area (Å²) in [7, 11) is 0. The van der Waals surface area contributed by atoms with Gasteiger partial charge in [0.15, 0.2) is 5.75 Å². The van der Waals surface area contributed by atoms with Gasteiger partial charge in [-0.15, -0.1) is 13.2 Å². The van der Waals surface area contributed by atoms with E-state index in [1.54, 1.807) is 0 Å². The number of halogens is 5. The van der Waals surface area contributed by atoms with Crippen LogP contribution >= 0.6 is 0 Å². The van der Waals surface area contributed by atoms with Crippen LogP contribution < -0.4 is 10.5 Å². The van der Waals surface area contributed by atoms with Crippen molar-refractivity contribution in [3.63, 3.8) is 0 Å². The van der Waals surface area contributed by atoms with Gasteiger partial charge in [-0.1, -0.05) is 0 Å². The number of hydrogen-bond donors (Lipinski definition) is 1. The lowest BCUT2D eigenvalue weighted by Gasteiger charge is -2.17. The van der Waals surface area contributed by atoms with Gasteiger partial charge in [-0.05, 0) is 6.92 Å². The van der Waals surface area contributed by atoms with Crippen molar-refractivity contribution in [2.45, 2.75) is 26.3 Å². The van der Waals surface area contributed by atoms with Gasteiger partial charge in [0, 0.05) is 12.7 Å². The molecule has 0 saturated carbocycles. The molecule has 0 aromatic carbocycles. The van der Waals surface area contributed by atoms with Crippen LogP contribution in [-0.2, 0) is 11.3 Å². The van der Waals surface area contributed by atoms with Crippen LogP contribution in [0, 0.1) is 0 Å². The number of nitrogens with zero attached hydrogens (tertiary/aromatic N) is 1. The molecule has 1 heterocycles. The van der Waals surface area contributed by atoms with Gasteiger partial charge >= 0.3 is 12.3 Å². The highest BCUT2D eigenvalue weighted by molar-refractivity contribution is 5.91. The van der Waals surface area contributed by atoms with Gasteiger partial charge in [0.25, 0.3) is 6.43 Å². The average molecular weight is 314 g/mol. The zero-order valence-corrected chi connectivity index (χ0v) is 10.7. The normalized spacial score (nSPS) is 11.6. The maximum Gasteiger partial charge on any atom is 0.573 e. The molecule has 0 atom stereocenters. The predicted octanol–water partition coefficient (Wildman–Crippen LogP) is 2.55. The summed E-state index contributed by atoms with van der Waals surface area (Å²) in [6, 6.07) is 0. The van der Waals surface area contributed by atoms with E-state index in [1.807, 2.05) is 0 Å². The maximum absolute atomic E-state index is 13.1. The quantitative estimate of drug-likeness (QED) is 0.668. The molecular weight excluding hydrogens is 303 g/mol. The van der Waals surface area contributed by atoms with E-state index in [4.69, 9.17) is 5.73 Å². The van der Waals surface area contributed by atoms with Gasteiger partial charge in [0.1, 0.15) is 0 Å². The number of pyridine rings is 1. The van der Waals surface area contributed by atoms with Crippen molar-refractivity contribution in [3.05, 3.63) is 23.0 Å². The van der Waals surface area contributed by atoms with E-state index in [0.29, 0.717) is 6.20 Å². The molecule has 1 rings (SSSR count). The third-order valence-electron chi connectivity index (χ3n) is 2.27. The molecule has 0 aliphatic carbocycles. The van der Waals surface area contributed by atoms with Crippen molar-refractivity contribution in [3.8, 4) is 5.75 Å². The van der Waals surface area contributed by atoms with Crippen molar-refractivity contribution in [1.29, 1.82) is 0 Å². The zero-order chi connectivity index (χ0) is 16.2. The van der Waals surface area contributed by atoms with Crippen LogP contribution in [0.25, 0.3) is 0 Å². The molecule has 1 aromatic heterocycles. The number of esters is 1. The van der Waals surface area contributed by atoms with Gasteiger partial charge in [-0.25, -0.2) is 13.6 Å². The van der Waals surface area contributed by atoms with Crippen LogP contribution in [0.1, 0.15) is 35.0 Å².